The number of aliphatic carboxylic acids is 1. The molecule has 0 aliphatic heterocycles. The Morgan fingerprint density at radius 2 is 1.95 bits per heavy atom. The first kappa shape index (κ1) is 17.5. The molecule has 1 amide bonds. The lowest BCUT2D eigenvalue weighted by Gasteiger charge is -2.43. The summed E-state index contributed by atoms with van der Waals surface area (Å²) in [7, 11) is 0. The van der Waals surface area contributed by atoms with Crippen LogP contribution < -0.4 is 5.32 Å². The van der Waals surface area contributed by atoms with Gasteiger partial charge < -0.3 is 15.2 Å². The fourth-order valence-corrected chi connectivity index (χ4v) is 2.62. The molecule has 1 aliphatic rings. The smallest absolute Gasteiger partial charge is 0.408 e. The molecule has 2 N–H and O–H groups in total. The number of amides is 1. The van der Waals surface area contributed by atoms with Crippen molar-refractivity contribution in [1.82, 2.24) is 5.32 Å². The molecule has 1 saturated carbocycles. The number of carbonyl (C=O) groups is 2. The van der Waals surface area contributed by atoms with Crippen molar-refractivity contribution in [2.24, 2.45) is 5.41 Å². The first-order chi connectivity index (χ1) is 9.56. The van der Waals surface area contributed by atoms with Gasteiger partial charge in [0, 0.05) is 0 Å². The number of carboxylic acid groups (broad SMARTS) is 1. The van der Waals surface area contributed by atoms with E-state index in [1.807, 2.05) is 6.92 Å². The van der Waals surface area contributed by atoms with Gasteiger partial charge in [0.15, 0.2) is 0 Å². The van der Waals surface area contributed by atoms with E-state index >= 15 is 0 Å². The van der Waals surface area contributed by atoms with Gasteiger partial charge in [0.1, 0.15) is 11.6 Å². The molecule has 1 atom stereocenters. The molecule has 0 heterocycles. The first-order valence-electron chi connectivity index (χ1n) is 7.44. The lowest BCUT2D eigenvalue weighted by molar-refractivity contribution is -0.139. The van der Waals surface area contributed by atoms with Crippen LogP contribution >= 0.6 is 0 Å². The summed E-state index contributed by atoms with van der Waals surface area (Å²) in [5.41, 5.74) is 0.527. The van der Waals surface area contributed by atoms with Gasteiger partial charge in [-0.2, -0.15) is 0 Å². The summed E-state index contributed by atoms with van der Waals surface area (Å²) in [6, 6.07) is -0.920. The van der Waals surface area contributed by atoms with Crippen molar-refractivity contribution in [3.8, 4) is 0 Å². The van der Waals surface area contributed by atoms with Gasteiger partial charge >= 0.3 is 12.1 Å². The van der Waals surface area contributed by atoms with E-state index in [9.17, 15) is 14.7 Å². The van der Waals surface area contributed by atoms with Crippen molar-refractivity contribution in [3.05, 3.63) is 12.2 Å². The van der Waals surface area contributed by atoms with E-state index in [4.69, 9.17) is 4.74 Å². The van der Waals surface area contributed by atoms with E-state index in [1.54, 1.807) is 20.8 Å². The quantitative estimate of drug-likeness (QED) is 0.736. The number of carbonyl (C=O) groups excluding carboxylic acids is 1. The van der Waals surface area contributed by atoms with Gasteiger partial charge in [0.25, 0.3) is 0 Å². The normalized spacial score (nSPS) is 18.3. The van der Waals surface area contributed by atoms with Crippen LogP contribution in [0.1, 0.15) is 59.8 Å². The zero-order valence-corrected chi connectivity index (χ0v) is 13.5. The van der Waals surface area contributed by atoms with E-state index < -0.39 is 23.7 Å². The largest absolute Gasteiger partial charge is 0.480 e. The third kappa shape index (κ3) is 5.06. The zero-order chi connectivity index (χ0) is 16.3. The predicted molar refractivity (Wildman–Crippen MR) is 81.1 cm³/mol. The second kappa shape index (κ2) is 6.50. The maximum absolute atomic E-state index is 11.7. The fraction of sp³-hybridized carbons (Fsp3) is 0.750. The molecule has 0 spiro atoms. The van der Waals surface area contributed by atoms with Crippen LogP contribution in [-0.4, -0.2) is 28.8 Å². The number of nitrogens with one attached hydrogen (secondary N) is 1. The van der Waals surface area contributed by atoms with Gasteiger partial charge in [0.05, 0.1) is 0 Å². The summed E-state index contributed by atoms with van der Waals surface area (Å²) in [4.78, 5) is 23.0. The number of rotatable bonds is 6. The number of ether oxygens (including phenoxy) is 1. The van der Waals surface area contributed by atoms with Crippen LogP contribution in [-0.2, 0) is 9.53 Å². The lowest BCUT2D eigenvalue weighted by atomic mass is 9.62. The highest BCUT2D eigenvalue weighted by Gasteiger charge is 2.38. The molecule has 1 rings (SSSR count). The molecule has 5 nitrogen and oxygen atoms in total. The molecule has 0 aromatic carbocycles. The average molecular weight is 297 g/mol. The van der Waals surface area contributed by atoms with E-state index in [2.05, 4.69) is 11.9 Å². The highest BCUT2D eigenvalue weighted by Crippen LogP contribution is 2.49. The topological polar surface area (TPSA) is 75.6 Å². The SMILES string of the molecule is C=C(C)C1(CCC(NC(=O)OC(C)(C)C)C(=O)O)CCC1. The third-order valence-electron chi connectivity index (χ3n) is 4.12. The number of alkyl carbamates (subject to hydrolysis) is 1. The van der Waals surface area contributed by atoms with Crippen molar-refractivity contribution in [1.29, 1.82) is 0 Å². The minimum Gasteiger partial charge on any atom is -0.480 e. The molecule has 1 unspecified atom stereocenters. The molecule has 21 heavy (non-hydrogen) atoms. The minimum absolute atomic E-state index is 0.0588. The van der Waals surface area contributed by atoms with Crippen LogP contribution in [0.2, 0.25) is 0 Å². The molecular weight excluding hydrogens is 270 g/mol. The molecule has 0 saturated heterocycles. The second-order valence-corrected chi connectivity index (χ2v) is 6.99. The summed E-state index contributed by atoms with van der Waals surface area (Å²) in [5.74, 6) is -1.03. The molecule has 0 aromatic rings. The highest BCUT2D eigenvalue weighted by atomic mass is 16.6. The Bertz CT molecular complexity index is 418. The summed E-state index contributed by atoms with van der Waals surface area (Å²) in [5, 5.41) is 11.7. The van der Waals surface area contributed by atoms with E-state index in [1.165, 1.54) is 0 Å². The van der Waals surface area contributed by atoms with Crippen LogP contribution in [0.5, 0.6) is 0 Å². The van der Waals surface area contributed by atoms with Crippen molar-refractivity contribution in [3.63, 3.8) is 0 Å². The Labute approximate surface area is 126 Å². The van der Waals surface area contributed by atoms with Gasteiger partial charge in [0.2, 0.25) is 0 Å². The lowest BCUT2D eigenvalue weighted by Crippen LogP contribution is -2.44. The Balaban J connectivity index is 2.56. The third-order valence-corrected chi connectivity index (χ3v) is 4.12. The maximum Gasteiger partial charge on any atom is 0.408 e. The maximum atomic E-state index is 11.7. The molecule has 120 valence electrons. The average Bonchev–Trinajstić information content (AvgIpc) is 2.22. The van der Waals surface area contributed by atoms with Crippen LogP contribution in [0.15, 0.2) is 12.2 Å². The highest BCUT2D eigenvalue weighted by molar-refractivity contribution is 5.79. The molecule has 1 aliphatic carbocycles. The first-order valence-corrected chi connectivity index (χ1v) is 7.44. The van der Waals surface area contributed by atoms with E-state index in [0.29, 0.717) is 6.42 Å². The molecule has 0 radical (unpaired) electrons. The predicted octanol–water partition coefficient (Wildman–Crippen LogP) is 3.49. The number of carboxylic acids is 1. The minimum atomic E-state index is -1.03. The van der Waals surface area contributed by atoms with Crippen LogP contribution in [0.4, 0.5) is 4.79 Å². The van der Waals surface area contributed by atoms with Gasteiger partial charge in [-0.3, -0.25) is 0 Å². The van der Waals surface area contributed by atoms with Crippen molar-refractivity contribution < 1.29 is 19.4 Å². The molecule has 0 aromatic heterocycles. The summed E-state index contributed by atoms with van der Waals surface area (Å²) in [6.07, 6.45) is 3.70. The van der Waals surface area contributed by atoms with Crippen LogP contribution in [0.3, 0.4) is 0 Å². The summed E-state index contributed by atoms with van der Waals surface area (Å²) < 4.78 is 5.11. The Morgan fingerprint density at radius 3 is 2.29 bits per heavy atom. The Morgan fingerprint density at radius 1 is 1.38 bits per heavy atom. The summed E-state index contributed by atoms with van der Waals surface area (Å²) >= 11 is 0. The zero-order valence-electron chi connectivity index (χ0n) is 13.5. The van der Waals surface area contributed by atoms with Gasteiger partial charge in [-0.1, -0.05) is 18.6 Å². The Hall–Kier alpha value is -1.52. The van der Waals surface area contributed by atoms with Gasteiger partial charge in [-0.15, -0.1) is 0 Å². The Kier molecular flexibility index (Phi) is 5.42. The fourth-order valence-electron chi connectivity index (χ4n) is 2.62. The number of hydrogen-bond donors (Lipinski definition) is 2. The number of hydrogen-bond acceptors (Lipinski definition) is 3. The van der Waals surface area contributed by atoms with Crippen LogP contribution in [0.25, 0.3) is 0 Å². The van der Waals surface area contributed by atoms with Crippen molar-refractivity contribution in [2.45, 2.75) is 71.4 Å². The standard InChI is InChI=1S/C16H27NO4/c1-11(2)16(8-6-9-16)10-7-12(13(18)19)17-14(20)21-15(3,4)5/h12H,1,6-10H2,2-5H3,(H,17,20)(H,18,19). The van der Waals surface area contributed by atoms with E-state index in [0.717, 1.165) is 31.3 Å². The van der Waals surface area contributed by atoms with Gasteiger partial charge in [-0.05, 0) is 58.8 Å². The molecule has 5 heteroatoms. The van der Waals surface area contributed by atoms with Crippen molar-refractivity contribution >= 4 is 12.1 Å². The molecule has 0 bridgehead atoms. The second-order valence-electron chi connectivity index (χ2n) is 6.99. The summed E-state index contributed by atoms with van der Waals surface area (Å²) in [6.45, 7) is 11.2. The monoisotopic (exact) mass is 297 g/mol. The molecular formula is C16H27NO4. The molecule has 1 fully saturated rings. The van der Waals surface area contributed by atoms with E-state index in [-0.39, 0.29) is 5.41 Å². The number of allylic oxidation sites excluding steroid dienone is 1. The van der Waals surface area contributed by atoms with Crippen LogP contribution in [0, 0.1) is 5.41 Å². The van der Waals surface area contributed by atoms with Gasteiger partial charge in [-0.25, -0.2) is 9.59 Å². The van der Waals surface area contributed by atoms with Crippen molar-refractivity contribution in [2.75, 3.05) is 0 Å².